The van der Waals surface area contributed by atoms with E-state index in [2.05, 4.69) is 35.8 Å². The summed E-state index contributed by atoms with van der Waals surface area (Å²) in [5.41, 5.74) is 6.08. The van der Waals surface area contributed by atoms with Crippen LogP contribution in [0.15, 0.2) is 61.1 Å². The number of pyridine rings is 2. The van der Waals surface area contributed by atoms with E-state index in [4.69, 9.17) is 4.98 Å². The van der Waals surface area contributed by atoms with Gasteiger partial charge in [0.25, 0.3) is 0 Å². The Bertz CT molecular complexity index is 1850. The fourth-order valence-corrected chi connectivity index (χ4v) is 6.00. The molecule has 40 heavy (non-hydrogen) atoms. The van der Waals surface area contributed by atoms with Crippen LogP contribution in [0.3, 0.4) is 0 Å². The molecule has 7 rings (SSSR count). The summed E-state index contributed by atoms with van der Waals surface area (Å²) in [6.07, 6.45) is 7.70. The Morgan fingerprint density at radius 1 is 1.02 bits per heavy atom. The van der Waals surface area contributed by atoms with Gasteiger partial charge in [-0.1, -0.05) is 6.07 Å². The fourth-order valence-electron chi connectivity index (χ4n) is 5.27. The minimum atomic E-state index is -0.268. The number of aromatic nitrogens is 6. The van der Waals surface area contributed by atoms with Crippen LogP contribution in [-0.4, -0.2) is 49.1 Å². The summed E-state index contributed by atoms with van der Waals surface area (Å²) in [6, 6.07) is 12.9. The zero-order valence-corrected chi connectivity index (χ0v) is 22.2. The third kappa shape index (κ3) is 4.74. The highest BCUT2D eigenvalue weighted by molar-refractivity contribution is 7.13. The van der Waals surface area contributed by atoms with Crippen LogP contribution in [0.2, 0.25) is 0 Å². The number of thiophene rings is 1. The summed E-state index contributed by atoms with van der Waals surface area (Å²) in [6.45, 7) is 1.93. The van der Waals surface area contributed by atoms with Crippen LogP contribution in [-0.2, 0) is 4.79 Å². The van der Waals surface area contributed by atoms with Crippen molar-refractivity contribution in [3.05, 3.63) is 66.2 Å². The SMILES string of the molecule is O=C(CC1CCNCC1)Nc1cncc(-c2ccc3[nH]nc(-c4nc5c(-c6ccc(F)s6)nccc5[nH]4)c3c2)c1. The molecule has 6 heterocycles. The number of nitrogens with zero attached hydrogens (tertiary/aromatic N) is 4. The monoisotopic (exact) mass is 552 g/mol. The maximum Gasteiger partial charge on any atom is 0.224 e. The Balaban J connectivity index is 1.19. The van der Waals surface area contributed by atoms with Crippen LogP contribution in [0.5, 0.6) is 0 Å². The van der Waals surface area contributed by atoms with Gasteiger partial charge < -0.3 is 15.6 Å². The molecule has 9 nitrogen and oxygen atoms in total. The van der Waals surface area contributed by atoms with Gasteiger partial charge in [-0.3, -0.25) is 19.9 Å². The highest BCUT2D eigenvalue weighted by Crippen LogP contribution is 2.34. The number of rotatable bonds is 6. The minimum Gasteiger partial charge on any atom is -0.336 e. The second-order valence-electron chi connectivity index (χ2n) is 9.99. The first kappa shape index (κ1) is 24.6. The molecular weight excluding hydrogens is 527 g/mol. The molecule has 5 aromatic heterocycles. The summed E-state index contributed by atoms with van der Waals surface area (Å²) >= 11 is 1.04. The number of carbonyl (C=O) groups is 1. The van der Waals surface area contributed by atoms with E-state index in [1.807, 2.05) is 30.3 Å². The van der Waals surface area contributed by atoms with Gasteiger partial charge in [-0.2, -0.15) is 9.49 Å². The van der Waals surface area contributed by atoms with Gasteiger partial charge in [0, 0.05) is 29.8 Å². The molecule has 0 bridgehead atoms. The molecule has 200 valence electrons. The average Bonchev–Trinajstić information content (AvgIpc) is 3.71. The van der Waals surface area contributed by atoms with E-state index >= 15 is 0 Å². The molecule has 0 radical (unpaired) electrons. The van der Waals surface area contributed by atoms with Crippen molar-refractivity contribution >= 4 is 44.9 Å². The van der Waals surface area contributed by atoms with Crippen molar-refractivity contribution in [1.29, 1.82) is 0 Å². The normalized spacial score (nSPS) is 14.2. The summed E-state index contributed by atoms with van der Waals surface area (Å²) in [4.78, 5) is 30.4. The topological polar surface area (TPSA) is 124 Å². The highest BCUT2D eigenvalue weighted by atomic mass is 32.1. The predicted molar refractivity (Wildman–Crippen MR) is 154 cm³/mol. The van der Waals surface area contributed by atoms with Gasteiger partial charge in [0.05, 0.1) is 27.8 Å². The minimum absolute atomic E-state index is 0.0162. The van der Waals surface area contributed by atoms with Gasteiger partial charge in [0.1, 0.15) is 16.9 Å². The van der Waals surface area contributed by atoms with E-state index in [-0.39, 0.29) is 11.0 Å². The lowest BCUT2D eigenvalue weighted by Gasteiger charge is -2.21. The largest absolute Gasteiger partial charge is 0.336 e. The second-order valence-corrected chi connectivity index (χ2v) is 11.0. The molecule has 1 aromatic carbocycles. The number of amides is 1. The second kappa shape index (κ2) is 10.2. The molecule has 0 atom stereocenters. The lowest BCUT2D eigenvalue weighted by molar-refractivity contribution is -0.117. The maximum absolute atomic E-state index is 13.7. The zero-order chi connectivity index (χ0) is 27.1. The van der Waals surface area contributed by atoms with E-state index in [0.717, 1.165) is 64.8 Å². The van der Waals surface area contributed by atoms with Crippen LogP contribution >= 0.6 is 11.3 Å². The number of H-pyrrole nitrogens is 2. The molecule has 0 spiro atoms. The summed E-state index contributed by atoms with van der Waals surface area (Å²) in [5, 5.41) is 14.6. The van der Waals surface area contributed by atoms with Crippen molar-refractivity contribution in [2.24, 2.45) is 5.92 Å². The number of imidazole rings is 1. The fraction of sp³-hybridized carbons (Fsp3) is 0.207. The van der Waals surface area contributed by atoms with Gasteiger partial charge in [0.2, 0.25) is 5.91 Å². The Morgan fingerprint density at radius 3 is 2.77 bits per heavy atom. The molecule has 0 aliphatic carbocycles. The highest BCUT2D eigenvalue weighted by Gasteiger charge is 2.19. The number of piperidine rings is 1. The molecule has 1 aliphatic rings. The third-order valence-electron chi connectivity index (χ3n) is 7.28. The Hall–Kier alpha value is -4.48. The molecule has 1 aliphatic heterocycles. The van der Waals surface area contributed by atoms with Crippen molar-refractivity contribution in [2.45, 2.75) is 19.3 Å². The molecule has 11 heteroatoms. The van der Waals surface area contributed by atoms with Crippen LogP contribution in [0, 0.1) is 11.0 Å². The number of aromatic amines is 2. The molecule has 0 saturated carbocycles. The molecule has 4 N–H and O–H groups in total. The number of carbonyl (C=O) groups excluding carboxylic acids is 1. The van der Waals surface area contributed by atoms with E-state index in [9.17, 15) is 9.18 Å². The van der Waals surface area contributed by atoms with E-state index in [1.165, 1.54) is 6.07 Å². The van der Waals surface area contributed by atoms with Crippen LogP contribution in [0.1, 0.15) is 19.3 Å². The first-order valence-electron chi connectivity index (χ1n) is 13.2. The van der Waals surface area contributed by atoms with Crippen molar-refractivity contribution in [3.8, 4) is 33.2 Å². The van der Waals surface area contributed by atoms with Crippen LogP contribution in [0.25, 0.3) is 55.2 Å². The summed E-state index contributed by atoms with van der Waals surface area (Å²) in [7, 11) is 0. The number of halogens is 1. The van der Waals surface area contributed by atoms with Gasteiger partial charge in [-0.25, -0.2) is 4.98 Å². The number of nitrogens with one attached hydrogen (secondary N) is 4. The lowest BCUT2D eigenvalue weighted by Crippen LogP contribution is -2.30. The van der Waals surface area contributed by atoms with E-state index in [0.29, 0.717) is 45.6 Å². The molecule has 1 amide bonds. The van der Waals surface area contributed by atoms with Gasteiger partial charge in [-0.05, 0) is 73.8 Å². The number of fused-ring (bicyclic) bond motifs is 2. The maximum atomic E-state index is 13.7. The molecular formula is C29H25FN8OS. The number of anilines is 1. The Kier molecular flexibility index (Phi) is 6.29. The van der Waals surface area contributed by atoms with E-state index < -0.39 is 0 Å². The summed E-state index contributed by atoms with van der Waals surface area (Å²) in [5.74, 6) is 1.01. The molecule has 1 saturated heterocycles. The van der Waals surface area contributed by atoms with Gasteiger partial charge >= 0.3 is 0 Å². The summed E-state index contributed by atoms with van der Waals surface area (Å²) < 4.78 is 13.7. The van der Waals surface area contributed by atoms with Crippen molar-refractivity contribution in [2.75, 3.05) is 18.4 Å². The molecule has 1 fully saturated rings. The smallest absolute Gasteiger partial charge is 0.224 e. The van der Waals surface area contributed by atoms with Crippen molar-refractivity contribution in [3.63, 3.8) is 0 Å². The third-order valence-corrected chi connectivity index (χ3v) is 8.16. The first-order valence-corrected chi connectivity index (χ1v) is 14.0. The van der Waals surface area contributed by atoms with Gasteiger partial charge in [-0.15, -0.1) is 11.3 Å². The lowest BCUT2D eigenvalue weighted by atomic mass is 9.94. The average molecular weight is 553 g/mol. The quantitative estimate of drug-likeness (QED) is 0.208. The number of hydrogen-bond acceptors (Lipinski definition) is 7. The predicted octanol–water partition coefficient (Wildman–Crippen LogP) is 5.76. The first-order chi connectivity index (χ1) is 19.6. The Morgan fingerprint density at radius 2 is 1.93 bits per heavy atom. The molecule has 6 aromatic rings. The Labute approximate surface area is 232 Å². The van der Waals surface area contributed by atoms with Crippen molar-refractivity contribution < 1.29 is 9.18 Å². The van der Waals surface area contributed by atoms with E-state index in [1.54, 1.807) is 24.7 Å². The number of benzene rings is 1. The number of hydrogen-bond donors (Lipinski definition) is 4. The van der Waals surface area contributed by atoms with Gasteiger partial charge in [0.15, 0.2) is 11.0 Å². The van der Waals surface area contributed by atoms with Crippen molar-refractivity contribution in [1.82, 2.24) is 35.5 Å². The van der Waals surface area contributed by atoms with Crippen LogP contribution in [0.4, 0.5) is 10.1 Å². The van der Waals surface area contributed by atoms with Crippen LogP contribution < -0.4 is 10.6 Å². The standard InChI is InChI=1S/C29H25FN8OS/c30-24-4-3-23(40-24)28-27-22(7-10-33-28)35-29(36-27)26-20-13-17(1-2-21(20)37-38-26)18-12-19(15-32-14-18)34-25(39)11-16-5-8-31-9-6-16/h1-4,7,10,12-16,31H,5-6,8-9,11H2,(H,34,39)(H,35,36)(H,37,38). The zero-order valence-electron chi connectivity index (χ0n) is 21.4. The molecule has 0 unspecified atom stereocenters.